The average molecular weight is 368 g/mol. The van der Waals surface area contributed by atoms with Crippen LogP contribution in [0, 0.1) is 12.7 Å². The number of benzene rings is 1. The number of anilines is 2. The smallest absolute Gasteiger partial charge is 0.271 e. The Morgan fingerprint density at radius 3 is 2.54 bits per heavy atom. The summed E-state index contributed by atoms with van der Waals surface area (Å²) >= 11 is 1.13. The van der Waals surface area contributed by atoms with E-state index in [-0.39, 0.29) is 21.8 Å². The van der Waals surface area contributed by atoms with E-state index >= 15 is 0 Å². The molecule has 8 heteroatoms. The molecule has 0 radical (unpaired) electrons. The Morgan fingerprint density at radius 2 is 2.00 bits per heavy atom. The van der Waals surface area contributed by atoms with Gasteiger partial charge in [0.25, 0.3) is 10.0 Å². The van der Waals surface area contributed by atoms with Crippen LogP contribution in [0.15, 0.2) is 34.5 Å². The second-order valence-corrected chi connectivity index (χ2v) is 8.95. The molecule has 1 aliphatic rings. The van der Waals surface area contributed by atoms with E-state index in [4.69, 9.17) is 0 Å². The molecule has 0 atom stereocenters. The van der Waals surface area contributed by atoms with Gasteiger partial charge in [-0.3, -0.25) is 9.52 Å². The lowest BCUT2D eigenvalue weighted by Gasteiger charge is -2.24. The number of aryl methyl sites for hydroxylation is 1. The highest BCUT2D eigenvalue weighted by Gasteiger charge is 2.34. The molecule has 1 saturated carbocycles. The molecule has 5 nitrogen and oxygen atoms in total. The van der Waals surface area contributed by atoms with Crippen molar-refractivity contribution in [2.24, 2.45) is 0 Å². The van der Waals surface area contributed by atoms with E-state index in [9.17, 15) is 17.6 Å². The molecule has 0 unspecified atom stereocenters. The number of amides is 1. The van der Waals surface area contributed by atoms with Gasteiger partial charge in [0, 0.05) is 23.9 Å². The second-order valence-electron chi connectivity index (χ2n) is 5.75. The predicted octanol–water partition coefficient (Wildman–Crippen LogP) is 3.51. The maximum Gasteiger partial charge on any atom is 0.271 e. The van der Waals surface area contributed by atoms with Crippen LogP contribution in [0.2, 0.25) is 0 Å². The maximum atomic E-state index is 13.7. The standard InChI is InChI=1S/C16H17FN2O3S2/c1-10-3-8-16(23-10)24(21,22)18-14-9-12(17)4-7-15(14)19(11(2)20)13-5-6-13/h3-4,7-9,13,18H,5-6H2,1-2H3. The zero-order valence-electron chi connectivity index (χ0n) is 13.2. The van der Waals surface area contributed by atoms with Gasteiger partial charge in [-0.25, -0.2) is 12.8 Å². The lowest BCUT2D eigenvalue weighted by atomic mass is 10.2. The van der Waals surface area contributed by atoms with Crippen molar-refractivity contribution in [2.45, 2.75) is 36.9 Å². The van der Waals surface area contributed by atoms with Gasteiger partial charge in [0.2, 0.25) is 5.91 Å². The molecule has 2 aromatic rings. The predicted molar refractivity (Wildman–Crippen MR) is 92.4 cm³/mol. The number of carbonyl (C=O) groups is 1. The Balaban J connectivity index is 2.01. The maximum absolute atomic E-state index is 13.7. The fourth-order valence-corrected chi connectivity index (χ4v) is 4.86. The first kappa shape index (κ1) is 16.9. The minimum Gasteiger partial charge on any atom is -0.308 e. The van der Waals surface area contributed by atoms with Gasteiger partial charge >= 0.3 is 0 Å². The number of hydrogen-bond donors (Lipinski definition) is 1. The molecule has 1 fully saturated rings. The van der Waals surface area contributed by atoms with Gasteiger partial charge in [0.05, 0.1) is 11.4 Å². The Bertz CT molecular complexity index is 888. The Labute approximate surface area is 144 Å². The van der Waals surface area contributed by atoms with Gasteiger partial charge in [0.15, 0.2) is 0 Å². The molecule has 1 amide bonds. The summed E-state index contributed by atoms with van der Waals surface area (Å²) in [5, 5.41) is 0. The van der Waals surface area contributed by atoms with E-state index in [0.29, 0.717) is 5.69 Å². The number of halogens is 1. The molecule has 1 aliphatic carbocycles. The normalized spacial score (nSPS) is 14.5. The molecule has 3 rings (SSSR count). The van der Waals surface area contributed by atoms with E-state index < -0.39 is 15.8 Å². The Kier molecular flexibility index (Phi) is 4.35. The molecule has 1 aromatic carbocycles. The van der Waals surface area contributed by atoms with Gasteiger partial charge in [0.1, 0.15) is 10.0 Å². The average Bonchev–Trinajstić information content (AvgIpc) is 3.20. The molecule has 0 bridgehead atoms. The first-order chi connectivity index (χ1) is 11.3. The zero-order valence-corrected chi connectivity index (χ0v) is 14.9. The first-order valence-corrected chi connectivity index (χ1v) is 9.76. The number of carbonyl (C=O) groups excluding carboxylic acids is 1. The molecule has 1 heterocycles. The summed E-state index contributed by atoms with van der Waals surface area (Å²) in [5.41, 5.74) is 0.450. The summed E-state index contributed by atoms with van der Waals surface area (Å²) in [6.45, 7) is 3.23. The molecular formula is C16H17FN2O3S2. The summed E-state index contributed by atoms with van der Waals surface area (Å²) in [5.74, 6) is -0.769. The number of nitrogens with one attached hydrogen (secondary N) is 1. The highest BCUT2D eigenvalue weighted by atomic mass is 32.2. The largest absolute Gasteiger partial charge is 0.308 e. The van der Waals surface area contributed by atoms with Gasteiger partial charge in [-0.15, -0.1) is 11.3 Å². The topological polar surface area (TPSA) is 66.5 Å². The Morgan fingerprint density at radius 1 is 1.29 bits per heavy atom. The van der Waals surface area contributed by atoms with Crippen LogP contribution in [0.3, 0.4) is 0 Å². The molecule has 0 aliphatic heterocycles. The van der Waals surface area contributed by atoms with E-state index in [1.165, 1.54) is 30.0 Å². The molecule has 24 heavy (non-hydrogen) atoms. The van der Waals surface area contributed by atoms with Crippen LogP contribution in [0.5, 0.6) is 0 Å². The third kappa shape index (κ3) is 3.44. The number of nitrogens with zero attached hydrogens (tertiary/aromatic N) is 1. The first-order valence-electron chi connectivity index (χ1n) is 7.46. The van der Waals surface area contributed by atoms with Crippen molar-refractivity contribution in [3.05, 3.63) is 41.0 Å². The van der Waals surface area contributed by atoms with E-state index in [1.807, 2.05) is 6.92 Å². The van der Waals surface area contributed by atoms with Crippen LogP contribution in [-0.4, -0.2) is 20.4 Å². The van der Waals surface area contributed by atoms with Crippen LogP contribution in [0.25, 0.3) is 0 Å². The Hall–Kier alpha value is -1.93. The number of hydrogen-bond acceptors (Lipinski definition) is 4. The van der Waals surface area contributed by atoms with Crippen molar-refractivity contribution in [3.8, 4) is 0 Å². The highest BCUT2D eigenvalue weighted by Crippen LogP contribution is 2.37. The zero-order chi connectivity index (χ0) is 17.5. The summed E-state index contributed by atoms with van der Waals surface area (Å²) in [7, 11) is -3.83. The fourth-order valence-electron chi connectivity index (χ4n) is 2.51. The summed E-state index contributed by atoms with van der Waals surface area (Å²) in [6.07, 6.45) is 1.71. The van der Waals surface area contributed by atoms with Crippen molar-refractivity contribution in [3.63, 3.8) is 0 Å². The lowest BCUT2D eigenvalue weighted by Crippen LogP contribution is -2.31. The fraction of sp³-hybridized carbons (Fsp3) is 0.312. The van der Waals surface area contributed by atoms with E-state index in [1.54, 1.807) is 6.07 Å². The van der Waals surface area contributed by atoms with Crippen LogP contribution < -0.4 is 9.62 Å². The molecular weight excluding hydrogens is 351 g/mol. The minimum absolute atomic E-state index is 0.0418. The van der Waals surface area contributed by atoms with Crippen LogP contribution in [0.4, 0.5) is 15.8 Å². The van der Waals surface area contributed by atoms with Crippen molar-refractivity contribution in [2.75, 3.05) is 9.62 Å². The van der Waals surface area contributed by atoms with Crippen molar-refractivity contribution < 1.29 is 17.6 Å². The van der Waals surface area contributed by atoms with E-state index in [0.717, 1.165) is 35.1 Å². The van der Waals surface area contributed by atoms with Gasteiger partial charge in [-0.05, 0) is 44.0 Å². The third-order valence-electron chi connectivity index (χ3n) is 3.69. The molecule has 1 N–H and O–H groups in total. The SMILES string of the molecule is CC(=O)N(c1ccc(F)cc1NS(=O)(=O)c1ccc(C)s1)C1CC1. The van der Waals surface area contributed by atoms with E-state index in [2.05, 4.69) is 4.72 Å². The quantitative estimate of drug-likeness (QED) is 0.878. The minimum atomic E-state index is -3.83. The third-order valence-corrected chi connectivity index (χ3v) is 6.55. The van der Waals surface area contributed by atoms with Crippen LogP contribution >= 0.6 is 11.3 Å². The molecule has 0 spiro atoms. The molecule has 128 valence electrons. The van der Waals surface area contributed by atoms with Crippen LogP contribution in [-0.2, 0) is 14.8 Å². The van der Waals surface area contributed by atoms with Crippen molar-refractivity contribution in [1.82, 2.24) is 0 Å². The lowest BCUT2D eigenvalue weighted by molar-refractivity contribution is -0.116. The van der Waals surface area contributed by atoms with Gasteiger partial charge < -0.3 is 4.90 Å². The van der Waals surface area contributed by atoms with Crippen molar-refractivity contribution in [1.29, 1.82) is 0 Å². The number of rotatable bonds is 5. The molecule has 1 aromatic heterocycles. The van der Waals surface area contributed by atoms with Crippen molar-refractivity contribution >= 4 is 38.6 Å². The second kappa shape index (κ2) is 6.18. The number of sulfonamides is 1. The van der Waals surface area contributed by atoms with Gasteiger partial charge in [-0.2, -0.15) is 0 Å². The molecule has 0 saturated heterocycles. The number of thiophene rings is 1. The summed E-state index contributed by atoms with van der Waals surface area (Å²) in [4.78, 5) is 14.3. The summed E-state index contributed by atoms with van der Waals surface area (Å²) < 4.78 is 41.3. The van der Waals surface area contributed by atoms with Crippen LogP contribution in [0.1, 0.15) is 24.6 Å². The summed E-state index contributed by atoms with van der Waals surface area (Å²) in [6, 6.07) is 7.02. The highest BCUT2D eigenvalue weighted by molar-refractivity contribution is 7.94. The monoisotopic (exact) mass is 368 g/mol. The van der Waals surface area contributed by atoms with Gasteiger partial charge in [-0.1, -0.05) is 0 Å².